The van der Waals surface area contributed by atoms with Crippen LogP contribution in [-0.4, -0.2) is 32.7 Å². The van der Waals surface area contributed by atoms with Crippen LogP contribution >= 0.6 is 28.3 Å². The van der Waals surface area contributed by atoms with E-state index < -0.39 is 0 Å². The normalized spacial score (nSPS) is 11.6. The van der Waals surface area contributed by atoms with Crippen LogP contribution in [0.25, 0.3) is 0 Å². The number of nitrogens with one attached hydrogen (secondary N) is 1. The van der Waals surface area contributed by atoms with Crippen molar-refractivity contribution in [2.75, 3.05) is 26.8 Å². The van der Waals surface area contributed by atoms with E-state index in [0.717, 1.165) is 10.0 Å². The van der Waals surface area contributed by atoms with Crippen LogP contribution < -0.4 is 11.1 Å². The Hall–Kier alpha value is -0.620. The molecule has 1 rings (SSSR count). The minimum atomic E-state index is -0.0826. The molecule has 0 radical (unpaired) electrons. The molecule has 6 heteroatoms. The van der Waals surface area contributed by atoms with Crippen molar-refractivity contribution >= 4 is 34.2 Å². The van der Waals surface area contributed by atoms with Gasteiger partial charge in [-0.05, 0) is 30.5 Å². The molecule has 1 aromatic carbocycles. The molecule has 0 fully saturated rings. The smallest absolute Gasteiger partial charge is 0.223 e. The maximum Gasteiger partial charge on any atom is 0.223 e. The highest BCUT2D eigenvalue weighted by molar-refractivity contribution is 9.10. The number of methoxy groups -OCH3 is 1. The van der Waals surface area contributed by atoms with Crippen LogP contribution in [0.1, 0.15) is 12.0 Å². The van der Waals surface area contributed by atoms with E-state index in [1.165, 1.54) is 0 Å². The summed E-state index contributed by atoms with van der Waals surface area (Å²) in [6, 6.07) is 8.02. The number of hydrogen-bond donors (Lipinski definition) is 2. The van der Waals surface area contributed by atoms with Gasteiger partial charge >= 0.3 is 0 Å². The molecule has 1 amide bonds. The number of amides is 1. The Morgan fingerprint density at radius 2 is 2.25 bits per heavy atom. The third-order valence-corrected chi connectivity index (χ3v) is 3.35. The first-order valence-electron chi connectivity index (χ1n) is 6.38. The van der Waals surface area contributed by atoms with Gasteiger partial charge in [-0.15, -0.1) is 12.4 Å². The number of halogens is 2. The van der Waals surface area contributed by atoms with Gasteiger partial charge in [0.1, 0.15) is 0 Å². The summed E-state index contributed by atoms with van der Waals surface area (Å²) >= 11 is 3.44. The van der Waals surface area contributed by atoms with Crippen LogP contribution in [0, 0.1) is 5.92 Å². The average Bonchev–Trinajstić information content (AvgIpc) is 2.40. The first-order valence-corrected chi connectivity index (χ1v) is 7.17. The maximum atomic E-state index is 12.1. The minimum absolute atomic E-state index is 0. The van der Waals surface area contributed by atoms with Gasteiger partial charge in [-0.2, -0.15) is 0 Å². The van der Waals surface area contributed by atoms with Crippen molar-refractivity contribution < 1.29 is 9.53 Å². The Bertz CT molecular complexity index is 405. The Labute approximate surface area is 135 Å². The molecule has 0 heterocycles. The SMILES string of the molecule is COCCC(Cc1cccc(Br)c1)C(=O)NCCN.Cl. The molecule has 4 nitrogen and oxygen atoms in total. The second kappa shape index (κ2) is 11.1. The Morgan fingerprint density at radius 1 is 1.50 bits per heavy atom. The molecular formula is C14H22BrClN2O2. The molecular weight excluding hydrogens is 344 g/mol. The second-order valence-electron chi connectivity index (χ2n) is 4.39. The summed E-state index contributed by atoms with van der Waals surface area (Å²) in [5.41, 5.74) is 6.54. The summed E-state index contributed by atoms with van der Waals surface area (Å²) in [5.74, 6) is -0.0386. The van der Waals surface area contributed by atoms with Crippen LogP contribution in [0.4, 0.5) is 0 Å². The lowest BCUT2D eigenvalue weighted by Gasteiger charge is -2.16. The summed E-state index contributed by atoms with van der Waals surface area (Å²) < 4.78 is 6.10. The van der Waals surface area contributed by atoms with Gasteiger partial charge in [0, 0.05) is 37.2 Å². The van der Waals surface area contributed by atoms with Crippen LogP contribution in [0.15, 0.2) is 28.7 Å². The lowest BCUT2D eigenvalue weighted by molar-refractivity contribution is -0.125. The number of nitrogens with two attached hydrogens (primary N) is 1. The van der Waals surface area contributed by atoms with E-state index >= 15 is 0 Å². The van der Waals surface area contributed by atoms with E-state index in [2.05, 4.69) is 21.2 Å². The predicted octanol–water partition coefficient (Wildman–Crippen LogP) is 2.14. The number of benzene rings is 1. The van der Waals surface area contributed by atoms with E-state index in [4.69, 9.17) is 10.5 Å². The van der Waals surface area contributed by atoms with Crippen molar-refractivity contribution in [3.63, 3.8) is 0 Å². The molecule has 0 aliphatic heterocycles. The molecule has 0 saturated carbocycles. The highest BCUT2D eigenvalue weighted by Crippen LogP contribution is 2.17. The Kier molecular flexibility index (Phi) is 10.7. The van der Waals surface area contributed by atoms with Gasteiger partial charge in [0.2, 0.25) is 5.91 Å². The fourth-order valence-corrected chi connectivity index (χ4v) is 2.32. The van der Waals surface area contributed by atoms with Gasteiger partial charge < -0.3 is 15.8 Å². The van der Waals surface area contributed by atoms with E-state index in [9.17, 15) is 4.79 Å². The number of carbonyl (C=O) groups excluding carboxylic acids is 1. The molecule has 0 bridgehead atoms. The van der Waals surface area contributed by atoms with Crippen molar-refractivity contribution in [3.8, 4) is 0 Å². The van der Waals surface area contributed by atoms with E-state index in [1.807, 2.05) is 24.3 Å². The lowest BCUT2D eigenvalue weighted by atomic mass is 9.95. The molecule has 114 valence electrons. The Morgan fingerprint density at radius 3 is 2.85 bits per heavy atom. The quantitative estimate of drug-likeness (QED) is 0.742. The zero-order valence-corrected chi connectivity index (χ0v) is 14.0. The second-order valence-corrected chi connectivity index (χ2v) is 5.31. The van der Waals surface area contributed by atoms with E-state index in [0.29, 0.717) is 32.5 Å². The predicted molar refractivity (Wildman–Crippen MR) is 87.1 cm³/mol. The first-order chi connectivity index (χ1) is 9.17. The molecule has 0 saturated heterocycles. The summed E-state index contributed by atoms with van der Waals surface area (Å²) in [4.78, 5) is 12.1. The van der Waals surface area contributed by atoms with Crippen LogP contribution in [-0.2, 0) is 16.0 Å². The summed E-state index contributed by atoms with van der Waals surface area (Å²) in [6.45, 7) is 1.55. The zero-order chi connectivity index (χ0) is 14.1. The largest absolute Gasteiger partial charge is 0.385 e. The molecule has 20 heavy (non-hydrogen) atoms. The van der Waals surface area contributed by atoms with E-state index in [1.54, 1.807) is 7.11 Å². The molecule has 0 aliphatic carbocycles. The molecule has 1 unspecified atom stereocenters. The zero-order valence-electron chi connectivity index (χ0n) is 11.6. The highest BCUT2D eigenvalue weighted by atomic mass is 79.9. The number of carbonyl (C=O) groups is 1. The summed E-state index contributed by atoms with van der Waals surface area (Å²) in [7, 11) is 1.65. The highest BCUT2D eigenvalue weighted by Gasteiger charge is 2.18. The van der Waals surface area contributed by atoms with Crippen LogP contribution in [0.3, 0.4) is 0 Å². The van der Waals surface area contributed by atoms with Gasteiger partial charge in [0.25, 0.3) is 0 Å². The third-order valence-electron chi connectivity index (χ3n) is 2.86. The molecule has 1 aromatic rings. The topological polar surface area (TPSA) is 64.3 Å². The number of rotatable bonds is 8. The fraction of sp³-hybridized carbons (Fsp3) is 0.500. The fourth-order valence-electron chi connectivity index (χ4n) is 1.87. The third kappa shape index (κ3) is 7.24. The number of hydrogen-bond acceptors (Lipinski definition) is 3. The van der Waals surface area contributed by atoms with Crippen molar-refractivity contribution in [1.82, 2.24) is 5.32 Å². The van der Waals surface area contributed by atoms with Gasteiger partial charge in [0.05, 0.1) is 0 Å². The van der Waals surface area contributed by atoms with E-state index in [-0.39, 0.29) is 24.2 Å². The molecule has 0 aromatic heterocycles. The molecule has 1 atom stereocenters. The number of ether oxygens (including phenoxy) is 1. The standard InChI is InChI=1S/C14H21BrN2O2.ClH/c1-19-8-5-12(14(18)17-7-6-16)9-11-3-2-4-13(15)10-11;/h2-4,10,12H,5-9,16H2,1H3,(H,17,18);1H. The van der Waals surface area contributed by atoms with Gasteiger partial charge in [-0.3, -0.25) is 4.79 Å². The molecule has 3 N–H and O–H groups in total. The average molecular weight is 366 g/mol. The van der Waals surface area contributed by atoms with Gasteiger partial charge in [0.15, 0.2) is 0 Å². The van der Waals surface area contributed by atoms with Crippen LogP contribution in [0.2, 0.25) is 0 Å². The van der Waals surface area contributed by atoms with Crippen LogP contribution in [0.5, 0.6) is 0 Å². The monoisotopic (exact) mass is 364 g/mol. The van der Waals surface area contributed by atoms with Gasteiger partial charge in [-0.1, -0.05) is 28.1 Å². The summed E-state index contributed by atoms with van der Waals surface area (Å²) in [5, 5.41) is 2.84. The minimum Gasteiger partial charge on any atom is -0.385 e. The van der Waals surface area contributed by atoms with Gasteiger partial charge in [-0.25, -0.2) is 0 Å². The van der Waals surface area contributed by atoms with Crippen molar-refractivity contribution in [1.29, 1.82) is 0 Å². The Balaban J connectivity index is 0.00000361. The van der Waals surface area contributed by atoms with Crippen molar-refractivity contribution in [2.24, 2.45) is 11.7 Å². The molecule has 0 aliphatic rings. The molecule has 0 spiro atoms. The lowest BCUT2D eigenvalue weighted by Crippen LogP contribution is -2.35. The van der Waals surface area contributed by atoms with Crippen molar-refractivity contribution in [3.05, 3.63) is 34.3 Å². The first kappa shape index (κ1) is 19.4. The summed E-state index contributed by atoms with van der Waals surface area (Å²) in [6.07, 6.45) is 1.42. The maximum absolute atomic E-state index is 12.1. The van der Waals surface area contributed by atoms with Crippen molar-refractivity contribution in [2.45, 2.75) is 12.8 Å².